The second-order valence-corrected chi connectivity index (χ2v) is 20.8. The average Bonchev–Trinajstić information content (AvgIpc) is 2.95. The Hall–Kier alpha value is -2.59. The van der Waals surface area contributed by atoms with E-state index in [1.807, 2.05) is 0 Å². The molecule has 5 nitrogen and oxygen atoms in total. The van der Waals surface area contributed by atoms with Crippen LogP contribution in [0.3, 0.4) is 0 Å². The third-order valence-corrected chi connectivity index (χ3v) is 11.1. The van der Waals surface area contributed by atoms with Crippen LogP contribution in [0.4, 0.5) is 0 Å². The van der Waals surface area contributed by atoms with Gasteiger partial charge < -0.3 is 23.8 Å². The summed E-state index contributed by atoms with van der Waals surface area (Å²) >= 11 is 0. The second kappa shape index (κ2) is 13.8. The van der Waals surface area contributed by atoms with Crippen molar-refractivity contribution in [1.29, 1.82) is 0 Å². The van der Waals surface area contributed by atoms with E-state index in [-0.39, 0.29) is 27.1 Å². The molecular weight excluding hydrogens is 639 g/mol. The van der Waals surface area contributed by atoms with Crippen molar-refractivity contribution < 1.29 is 23.8 Å². The summed E-state index contributed by atoms with van der Waals surface area (Å²) in [6.07, 6.45) is 1.38. The molecule has 50 heavy (non-hydrogen) atoms. The Morgan fingerprint density at radius 2 is 0.880 bits per heavy atom. The number of hydrogen-bond donors (Lipinski definition) is 2. The highest BCUT2D eigenvalue weighted by Crippen LogP contribution is 2.50. The molecule has 0 saturated carbocycles. The standard InChI is InChI=1S/C44H65O5P/c1-26-31(18-29-20-33(40(4,5)6)37(45)34(21-29)41(7,8)9)27(2)39(49-50-47-24-44(16,17)25-48-50)28(3)32(26)19-30-22-35(42(10,11)12)38(46)36(23-30)43(13,14)15/h20-23,45-46H,18-19,24-25H2,1-17H3. The summed E-state index contributed by atoms with van der Waals surface area (Å²) in [5.41, 5.74) is 11.0. The van der Waals surface area contributed by atoms with Crippen molar-refractivity contribution >= 4 is 8.60 Å². The Morgan fingerprint density at radius 1 is 0.580 bits per heavy atom. The molecule has 4 rings (SSSR count). The monoisotopic (exact) mass is 704 g/mol. The van der Waals surface area contributed by atoms with Crippen LogP contribution in [-0.4, -0.2) is 23.4 Å². The molecule has 0 aliphatic carbocycles. The molecule has 276 valence electrons. The van der Waals surface area contributed by atoms with E-state index in [1.165, 1.54) is 16.7 Å². The first-order valence-corrected chi connectivity index (χ1v) is 19.3. The van der Waals surface area contributed by atoms with E-state index in [2.05, 4.69) is 142 Å². The molecule has 0 spiro atoms. The van der Waals surface area contributed by atoms with Gasteiger partial charge >= 0.3 is 8.60 Å². The van der Waals surface area contributed by atoms with Crippen molar-refractivity contribution in [3.05, 3.63) is 85.5 Å². The van der Waals surface area contributed by atoms with Crippen LogP contribution in [0, 0.1) is 26.2 Å². The van der Waals surface area contributed by atoms with Gasteiger partial charge in [-0.1, -0.05) is 121 Å². The van der Waals surface area contributed by atoms with Gasteiger partial charge in [-0.15, -0.1) is 0 Å². The lowest BCUT2D eigenvalue weighted by Gasteiger charge is -2.33. The topological polar surface area (TPSA) is 68.2 Å². The molecule has 1 fully saturated rings. The van der Waals surface area contributed by atoms with Crippen LogP contribution in [0.1, 0.15) is 158 Å². The van der Waals surface area contributed by atoms with Gasteiger partial charge in [0, 0.05) is 5.41 Å². The van der Waals surface area contributed by atoms with E-state index in [9.17, 15) is 10.2 Å². The second-order valence-electron chi connectivity index (χ2n) is 19.6. The lowest BCUT2D eigenvalue weighted by molar-refractivity contribution is 0.0425. The Labute approximate surface area is 305 Å². The molecule has 1 saturated heterocycles. The summed E-state index contributed by atoms with van der Waals surface area (Å²) in [5, 5.41) is 23.0. The van der Waals surface area contributed by atoms with Crippen LogP contribution in [0.2, 0.25) is 0 Å². The summed E-state index contributed by atoms with van der Waals surface area (Å²) in [7, 11) is -1.55. The molecule has 1 aliphatic rings. The Balaban J connectivity index is 1.95. The number of aromatic hydroxyl groups is 2. The normalized spacial score (nSPS) is 16.2. The third kappa shape index (κ3) is 8.71. The summed E-state index contributed by atoms with van der Waals surface area (Å²) in [6, 6.07) is 8.75. The van der Waals surface area contributed by atoms with Crippen molar-refractivity contribution in [2.75, 3.05) is 13.2 Å². The Bertz CT molecular complexity index is 1550. The molecule has 1 aliphatic heterocycles. The average molecular weight is 705 g/mol. The number of benzene rings is 3. The van der Waals surface area contributed by atoms with Crippen LogP contribution in [0.5, 0.6) is 17.2 Å². The van der Waals surface area contributed by atoms with Crippen molar-refractivity contribution in [3.8, 4) is 17.2 Å². The minimum atomic E-state index is -1.55. The SMILES string of the molecule is Cc1c(Cc2cc(C(C)(C)C)c(O)c(C(C)(C)C)c2)c(C)c(OP2OCC(C)(C)CO2)c(C)c1Cc1cc(C(C)(C)C)c(O)c(C(C)(C)C)c1. The highest BCUT2D eigenvalue weighted by atomic mass is 31.2. The molecule has 6 heteroatoms. The summed E-state index contributed by atoms with van der Waals surface area (Å²) in [4.78, 5) is 0. The van der Waals surface area contributed by atoms with Crippen LogP contribution < -0.4 is 4.52 Å². The van der Waals surface area contributed by atoms with Crippen molar-refractivity contribution in [1.82, 2.24) is 0 Å². The Morgan fingerprint density at radius 3 is 1.16 bits per heavy atom. The zero-order valence-corrected chi connectivity index (χ0v) is 35.1. The van der Waals surface area contributed by atoms with Crippen LogP contribution in [0.25, 0.3) is 0 Å². The highest BCUT2D eigenvalue weighted by Gasteiger charge is 2.34. The summed E-state index contributed by atoms with van der Waals surface area (Å²) in [5.74, 6) is 1.61. The maximum Gasteiger partial charge on any atom is 0.397 e. The molecule has 3 aromatic carbocycles. The minimum Gasteiger partial charge on any atom is -0.507 e. The fraction of sp³-hybridized carbons (Fsp3) is 0.591. The molecule has 2 N–H and O–H groups in total. The fourth-order valence-corrected chi connectivity index (χ4v) is 8.43. The van der Waals surface area contributed by atoms with Gasteiger partial charge in [-0.3, -0.25) is 0 Å². The van der Waals surface area contributed by atoms with E-state index < -0.39 is 8.60 Å². The largest absolute Gasteiger partial charge is 0.507 e. The van der Waals surface area contributed by atoms with Crippen LogP contribution in [0.15, 0.2) is 24.3 Å². The molecule has 3 aromatic rings. The van der Waals surface area contributed by atoms with E-state index in [1.54, 1.807) is 0 Å². The lowest BCUT2D eigenvalue weighted by atomic mass is 9.76. The van der Waals surface area contributed by atoms with E-state index in [0.29, 0.717) is 37.6 Å². The van der Waals surface area contributed by atoms with Gasteiger partial charge in [0.15, 0.2) is 0 Å². The zero-order chi connectivity index (χ0) is 37.9. The first-order chi connectivity index (χ1) is 22.6. The number of phenols is 2. The van der Waals surface area contributed by atoms with Crippen LogP contribution in [-0.2, 0) is 43.5 Å². The molecule has 0 amide bonds. The third-order valence-electron chi connectivity index (χ3n) is 10.1. The van der Waals surface area contributed by atoms with E-state index >= 15 is 0 Å². The summed E-state index contributed by atoms with van der Waals surface area (Å²) in [6.45, 7) is 37.9. The maximum absolute atomic E-state index is 11.5. The van der Waals surface area contributed by atoms with Gasteiger partial charge in [0.25, 0.3) is 0 Å². The van der Waals surface area contributed by atoms with Gasteiger partial charge in [0.2, 0.25) is 0 Å². The molecular formula is C44H65O5P. The van der Waals surface area contributed by atoms with E-state index in [0.717, 1.165) is 50.3 Å². The van der Waals surface area contributed by atoms with Gasteiger partial charge in [-0.05, 0) is 116 Å². The van der Waals surface area contributed by atoms with Gasteiger partial charge in [-0.25, -0.2) is 0 Å². The minimum absolute atomic E-state index is 0.0569. The van der Waals surface area contributed by atoms with Crippen molar-refractivity contribution in [2.24, 2.45) is 5.41 Å². The quantitative estimate of drug-likeness (QED) is 0.250. The number of rotatable bonds is 6. The number of hydrogen-bond acceptors (Lipinski definition) is 5. The molecule has 0 atom stereocenters. The molecule has 0 unspecified atom stereocenters. The molecule has 0 aromatic heterocycles. The van der Waals surface area contributed by atoms with Crippen molar-refractivity contribution in [3.63, 3.8) is 0 Å². The molecule has 0 radical (unpaired) electrons. The molecule has 1 heterocycles. The zero-order valence-electron chi connectivity index (χ0n) is 34.2. The Kier molecular flexibility index (Phi) is 11.1. The lowest BCUT2D eigenvalue weighted by Crippen LogP contribution is -2.29. The predicted molar refractivity (Wildman–Crippen MR) is 211 cm³/mol. The predicted octanol–water partition coefficient (Wildman–Crippen LogP) is 12.1. The van der Waals surface area contributed by atoms with Crippen LogP contribution >= 0.6 is 8.60 Å². The van der Waals surface area contributed by atoms with Crippen molar-refractivity contribution in [2.45, 2.75) is 152 Å². The number of phenolic OH excluding ortho intramolecular Hbond substituents is 2. The first-order valence-electron chi connectivity index (χ1n) is 18.2. The van der Waals surface area contributed by atoms with Gasteiger partial charge in [-0.2, -0.15) is 0 Å². The smallest absolute Gasteiger partial charge is 0.397 e. The summed E-state index contributed by atoms with van der Waals surface area (Å²) < 4.78 is 19.0. The molecule has 0 bridgehead atoms. The fourth-order valence-electron chi connectivity index (χ4n) is 6.92. The van der Waals surface area contributed by atoms with Gasteiger partial charge in [0.05, 0.1) is 13.2 Å². The first kappa shape index (κ1) is 40.2. The van der Waals surface area contributed by atoms with Gasteiger partial charge in [0.1, 0.15) is 17.2 Å². The highest BCUT2D eigenvalue weighted by molar-refractivity contribution is 7.42. The maximum atomic E-state index is 11.5. The van der Waals surface area contributed by atoms with E-state index in [4.69, 9.17) is 13.6 Å².